The Bertz CT molecular complexity index is 756. The number of aryl methyl sites for hydroxylation is 1. The smallest absolute Gasteiger partial charge is 0.218 e. The van der Waals surface area contributed by atoms with Gasteiger partial charge in [-0.05, 0) is 31.9 Å². The minimum atomic E-state index is -0.147. The van der Waals surface area contributed by atoms with Gasteiger partial charge in [-0.2, -0.15) is 5.10 Å². The first-order valence-corrected chi connectivity index (χ1v) is 8.98. The molecule has 4 heterocycles. The van der Waals surface area contributed by atoms with Crippen LogP contribution in [0, 0.1) is 6.92 Å². The van der Waals surface area contributed by atoms with E-state index in [0.717, 1.165) is 49.7 Å². The summed E-state index contributed by atoms with van der Waals surface area (Å²) >= 11 is 0. The van der Waals surface area contributed by atoms with Gasteiger partial charge in [0.2, 0.25) is 5.88 Å². The van der Waals surface area contributed by atoms with Gasteiger partial charge < -0.3 is 19.7 Å². The number of rotatable bonds is 4. The fourth-order valence-corrected chi connectivity index (χ4v) is 3.81. The van der Waals surface area contributed by atoms with Crippen LogP contribution >= 0.6 is 0 Å². The first-order valence-electron chi connectivity index (χ1n) is 8.98. The third-order valence-corrected chi connectivity index (χ3v) is 5.06. The number of nitrogens with one attached hydrogen (secondary N) is 1. The lowest BCUT2D eigenvalue weighted by atomic mass is 9.88. The molecule has 26 heavy (non-hydrogen) atoms. The van der Waals surface area contributed by atoms with Crippen molar-refractivity contribution >= 4 is 11.6 Å². The van der Waals surface area contributed by atoms with Crippen molar-refractivity contribution in [2.24, 2.45) is 0 Å². The van der Waals surface area contributed by atoms with Gasteiger partial charge in [-0.25, -0.2) is 9.97 Å². The number of methoxy groups -OCH3 is 1. The van der Waals surface area contributed by atoms with Crippen molar-refractivity contribution < 1.29 is 9.47 Å². The van der Waals surface area contributed by atoms with Gasteiger partial charge in [-0.1, -0.05) is 0 Å². The van der Waals surface area contributed by atoms with Crippen LogP contribution in [0.2, 0.25) is 0 Å². The van der Waals surface area contributed by atoms with Crippen molar-refractivity contribution in [1.82, 2.24) is 20.2 Å². The molecular weight excluding hydrogens is 332 g/mol. The molecule has 138 valence electrons. The number of hydrogen-bond acceptors (Lipinski definition) is 8. The summed E-state index contributed by atoms with van der Waals surface area (Å²) in [5.74, 6) is 2.27. The summed E-state index contributed by atoms with van der Waals surface area (Å²) in [6, 6.07) is 6.05. The quantitative estimate of drug-likeness (QED) is 0.888. The Balaban J connectivity index is 1.43. The van der Waals surface area contributed by atoms with Gasteiger partial charge in [-0.3, -0.25) is 0 Å². The SMILES string of the molecule is COc1cc(N2CCC[C@@]3(C[C@H](Nc4ccc(C)nn4)CO3)C2)ncn1. The van der Waals surface area contributed by atoms with Crippen LogP contribution in [0.4, 0.5) is 11.6 Å². The van der Waals surface area contributed by atoms with E-state index < -0.39 is 0 Å². The Morgan fingerprint density at radius 2 is 2.23 bits per heavy atom. The molecule has 1 N–H and O–H groups in total. The Hall–Kier alpha value is -2.48. The Kier molecular flexibility index (Phi) is 4.58. The molecule has 8 nitrogen and oxygen atoms in total. The summed E-state index contributed by atoms with van der Waals surface area (Å²) in [5.41, 5.74) is 0.768. The van der Waals surface area contributed by atoms with E-state index in [9.17, 15) is 0 Å². The molecular formula is C18H24N6O2. The highest BCUT2D eigenvalue weighted by molar-refractivity contribution is 5.42. The maximum atomic E-state index is 6.27. The van der Waals surface area contributed by atoms with E-state index in [2.05, 4.69) is 30.4 Å². The van der Waals surface area contributed by atoms with Crippen LogP contribution in [-0.4, -0.2) is 58.6 Å². The zero-order chi connectivity index (χ0) is 18.0. The van der Waals surface area contributed by atoms with Gasteiger partial charge in [-0.15, -0.1) is 5.10 Å². The normalized spacial score (nSPS) is 25.5. The molecule has 0 amide bonds. The average molecular weight is 356 g/mol. The summed E-state index contributed by atoms with van der Waals surface area (Å²) in [7, 11) is 1.62. The van der Waals surface area contributed by atoms with Crippen LogP contribution in [0.5, 0.6) is 5.88 Å². The second kappa shape index (κ2) is 7.03. The van der Waals surface area contributed by atoms with Gasteiger partial charge in [0.25, 0.3) is 0 Å². The maximum Gasteiger partial charge on any atom is 0.218 e. The first-order chi connectivity index (χ1) is 12.7. The highest BCUT2D eigenvalue weighted by Gasteiger charge is 2.44. The second-order valence-corrected chi connectivity index (χ2v) is 7.04. The lowest BCUT2D eigenvalue weighted by molar-refractivity contribution is -0.00653. The molecule has 0 unspecified atom stereocenters. The number of hydrogen-bond donors (Lipinski definition) is 1. The van der Waals surface area contributed by atoms with Crippen LogP contribution in [0.15, 0.2) is 24.5 Å². The monoisotopic (exact) mass is 356 g/mol. The van der Waals surface area contributed by atoms with Gasteiger partial charge in [0.05, 0.1) is 31.1 Å². The molecule has 2 atom stereocenters. The summed E-state index contributed by atoms with van der Waals surface area (Å²) in [4.78, 5) is 10.8. The third kappa shape index (κ3) is 3.55. The Morgan fingerprint density at radius 1 is 1.31 bits per heavy atom. The topological polar surface area (TPSA) is 85.3 Å². The lowest BCUT2D eigenvalue weighted by Gasteiger charge is -2.40. The van der Waals surface area contributed by atoms with Crippen molar-refractivity contribution in [2.75, 3.05) is 37.0 Å². The largest absolute Gasteiger partial charge is 0.481 e. The Labute approximate surface area is 153 Å². The van der Waals surface area contributed by atoms with E-state index in [-0.39, 0.29) is 11.6 Å². The van der Waals surface area contributed by atoms with E-state index in [4.69, 9.17) is 9.47 Å². The first kappa shape index (κ1) is 17.0. The molecule has 0 bridgehead atoms. The molecule has 1 spiro atoms. The molecule has 4 rings (SSSR count). The number of aromatic nitrogens is 4. The van der Waals surface area contributed by atoms with E-state index in [1.807, 2.05) is 25.1 Å². The fraction of sp³-hybridized carbons (Fsp3) is 0.556. The molecule has 0 aliphatic carbocycles. The average Bonchev–Trinajstić information content (AvgIpc) is 3.05. The molecule has 8 heteroatoms. The van der Waals surface area contributed by atoms with E-state index in [1.54, 1.807) is 13.4 Å². The standard InChI is InChI=1S/C18H24N6O2/c1-13-4-5-15(23-22-13)21-14-9-18(26-10-14)6-3-7-24(11-18)16-8-17(25-2)20-12-19-16/h4-5,8,12,14H,3,6-7,9-11H2,1-2H3,(H,21,23)/t14-,18+/m0/s1. The van der Waals surface area contributed by atoms with E-state index in [1.165, 1.54) is 0 Å². The van der Waals surface area contributed by atoms with Crippen molar-refractivity contribution in [3.05, 3.63) is 30.2 Å². The lowest BCUT2D eigenvalue weighted by Crippen LogP contribution is -2.48. The molecule has 2 aromatic rings. The number of ether oxygens (including phenoxy) is 2. The molecule has 2 aliphatic heterocycles. The molecule has 2 saturated heterocycles. The minimum absolute atomic E-state index is 0.147. The zero-order valence-corrected chi connectivity index (χ0v) is 15.2. The predicted octanol–water partition coefficient (Wildman–Crippen LogP) is 1.82. The van der Waals surface area contributed by atoms with Crippen molar-refractivity contribution in [2.45, 2.75) is 37.8 Å². The van der Waals surface area contributed by atoms with Gasteiger partial charge in [0.15, 0.2) is 0 Å². The number of anilines is 2. The van der Waals surface area contributed by atoms with E-state index >= 15 is 0 Å². The minimum Gasteiger partial charge on any atom is -0.481 e. The summed E-state index contributed by atoms with van der Waals surface area (Å²) in [6.45, 7) is 4.40. The van der Waals surface area contributed by atoms with Crippen LogP contribution in [0.1, 0.15) is 25.0 Å². The molecule has 0 saturated carbocycles. The highest BCUT2D eigenvalue weighted by Crippen LogP contribution is 2.37. The van der Waals surface area contributed by atoms with Gasteiger partial charge in [0.1, 0.15) is 18.0 Å². The summed E-state index contributed by atoms with van der Waals surface area (Å²) in [6.07, 6.45) is 4.62. The van der Waals surface area contributed by atoms with Crippen LogP contribution in [-0.2, 0) is 4.74 Å². The molecule has 2 aliphatic rings. The van der Waals surface area contributed by atoms with Gasteiger partial charge >= 0.3 is 0 Å². The number of nitrogens with zero attached hydrogens (tertiary/aromatic N) is 5. The third-order valence-electron chi connectivity index (χ3n) is 5.06. The fourth-order valence-electron chi connectivity index (χ4n) is 3.81. The van der Waals surface area contributed by atoms with Crippen molar-refractivity contribution in [1.29, 1.82) is 0 Å². The van der Waals surface area contributed by atoms with Gasteiger partial charge in [0, 0.05) is 25.6 Å². The van der Waals surface area contributed by atoms with Crippen LogP contribution in [0.25, 0.3) is 0 Å². The molecule has 2 aromatic heterocycles. The zero-order valence-electron chi connectivity index (χ0n) is 15.2. The highest BCUT2D eigenvalue weighted by atomic mass is 16.5. The second-order valence-electron chi connectivity index (χ2n) is 7.04. The molecule has 0 radical (unpaired) electrons. The van der Waals surface area contributed by atoms with Crippen molar-refractivity contribution in [3.8, 4) is 5.88 Å². The van der Waals surface area contributed by atoms with Crippen LogP contribution in [0.3, 0.4) is 0 Å². The van der Waals surface area contributed by atoms with Crippen LogP contribution < -0.4 is 15.0 Å². The van der Waals surface area contributed by atoms with E-state index in [0.29, 0.717) is 12.5 Å². The number of piperidine rings is 1. The Morgan fingerprint density at radius 3 is 3.04 bits per heavy atom. The predicted molar refractivity (Wildman–Crippen MR) is 97.5 cm³/mol. The maximum absolute atomic E-state index is 6.27. The van der Waals surface area contributed by atoms with Crippen molar-refractivity contribution in [3.63, 3.8) is 0 Å². The summed E-state index contributed by atoms with van der Waals surface area (Å²) < 4.78 is 11.5. The molecule has 0 aromatic carbocycles. The molecule has 2 fully saturated rings. The summed E-state index contributed by atoms with van der Waals surface area (Å²) in [5, 5.41) is 11.8.